The number of benzene rings is 2. The number of ketones is 1. The van der Waals surface area contributed by atoms with Crippen molar-refractivity contribution in [1.29, 1.82) is 0 Å². The Bertz CT molecular complexity index is 767. The highest BCUT2D eigenvalue weighted by atomic mass is 35.5. The number of hydrogen-bond acceptors (Lipinski definition) is 2. The number of carbonyl (C=O) groups excluding carboxylic acids is 1. The zero-order valence-corrected chi connectivity index (χ0v) is 11.9. The van der Waals surface area contributed by atoms with Gasteiger partial charge in [-0.3, -0.25) is 9.78 Å². The summed E-state index contributed by atoms with van der Waals surface area (Å²) in [5.74, 6) is -0.166. The van der Waals surface area contributed by atoms with E-state index in [0.717, 1.165) is 11.1 Å². The standard InChI is InChI=1S/C18H12ClNO/c19-16-7-4-12-20-17(16)18(21)15-10-8-14(9-11-15)13-5-2-1-3-6-13/h1-12H. The third-order valence-electron chi connectivity index (χ3n) is 3.23. The molecule has 21 heavy (non-hydrogen) atoms. The Morgan fingerprint density at radius 2 is 1.48 bits per heavy atom. The van der Waals surface area contributed by atoms with Crippen LogP contribution in [0.2, 0.25) is 5.02 Å². The number of nitrogens with zero attached hydrogens (tertiary/aromatic N) is 1. The van der Waals surface area contributed by atoms with Gasteiger partial charge in [0.05, 0.1) is 5.02 Å². The first kappa shape index (κ1) is 13.5. The predicted octanol–water partition coefficient (Wildman–Crippen LogP) is 4.63. The van der Waals surface area contributed by atoms with Gasteiger partial charge >= 0.3 is 0 Å². The maximum atomic E-state index is 12.4. The molecule has 0 aliphatic rings. The molecule has 0 saturated heterocycles. The van der Waals surface area contributed by atoms with Gasteiger partial charge in [0.25, 0.3) is 0 Å². The van der Waals surface area contributed by atoms with Crippen LogP contribution in [0, 0.1) is 0 Å². The quantitative estimate of drug-likeness (QED) is 0.659. The summed E-state index contributed by atoms with van der Waals surface area (Å²) in [6.45, 7) is 0. The maximum absolute atomic E-state index is 12.4. The van der Waals surface area contributed by atoms with Gasteiger partial charge in [-0.2, -0.15) is 0 Å². The van der Waals surface area contributed by atoms with Crippen molar-refractivity contribution < 1.29 is 4.79 Å². The lowest BCUT2D eigenvalue weighted by Crippen LogP contribution is -2.04. The number of halogens is 1. The van der Waals surface area contributed by atoms with Crippen molar-refractivity contribution in [2.24, 2.45) is 0 Å². The third kappa shape index (κ3) is 2.86. The molecule has 0 atom stereocenters. The Kier molecular flexibility index (Phi) is 3.80. The highest BCUT2D eigenvalue weighted by Crippen LogP contribution is 2.21. The summed E-state index contributed by atoms with van der Waals surface area (Å²) >= 11 is 6.01. The molecule has 102 valence electrons. The van der Waals surface area contributed by atoms with Crippen LogP contribution in [-0.4, -0.2) is 10.8 Å². The van der Waals surface area contributed by atoms with Gasteiger partial charge in [-0.1, -0.05) is 66.2 Å². The summed E-state index contributed by atoms with van der Waals surface area (Å²) in [4.78, 5) is 16.4. The molecule has 0 spiro atoms. The van der Waals surface area contributed by atoms with E-state index < -0.39 is 0 Å². The van der Waals surface area contributed by atoms with E-state index in [1.807, 2.05) is 42.5 Å². The molecule has 0 amide bonds. The monoisotopic (exact) mass is 293 g/mol. The van der Waals surface area contributed by atoms with E-state index in [1.165, 1.54) is 0 Å². The molecule has 0 aliphatic carbocycles. The Morgan fingerprint density at radius 3 is 2.14 bits per heavy atom. The van der Waals surface area contributed by atoms with Crippen LogP contribution in [0.1, 0.15) is 16.1 Å². The highest BCUT2D eigenvalue weighted by molar-refractivity contribution is 6.34. The normalized spacial score (nSPS) is 10.3. The van der Waals surface area contributed by atoms with Gasteiger partial charge in [0.2, 0.25) is 5.78 Å². The molecular formula is C18H12ClNO. The van der Waals surface area contributed by atoms with Crippen molar-refractivity contribution in [2.45, 2.75) is 0 Å². The lowest BCUT2D eigenvalue weighted by atomic mass is 10.0. The van der Waals surface area contributed by atoms with Gasteiger partial charge in [0.1, 0.15) is 5.69 Å². The Labute approximate surface area is 128 Å². The van der Waals surface area contributed by atoms with Crippen molar-refractivity contribution in [3.05, 3.63) is 89.2 Å². The fourth-order valence-corrected chi connectivity index (χ4v) is 2.34. The highest BCUT2D eigenvalue weighted by Gasteiger charge is 2.13. The summed E-state index contributed by atoms with van der Waals surface area (Å²) in [5, 5.41) is 0.370. The van der Waals surface area contributed by atoms with Gasteiger partial charge in [0, 0.05) is 11.8 Å². The second kappa shape index (κ2) is 5.90. The molecule has 1 aromatic heterocycles. The molecule has 0 unspecified atom stereocenters. The van der Waals surface area contributed by atoms with Crippen LogP contribution in [0.4, 0.5) is 0 Å². The van der Waals surface area contributed by atoms with Crippen LogP contribution >= 0.6 is 11.6 Å². The average Bonchev–Trinajstić information content (AvgIpc) is 2.56. The summed E-state index contributed by atoms with van der Waals surface area (Å²) in [6.07, 6.45) is 1.57. The number of rotatable bonds is 3. The SMILES string of the molecule is O=C(c1ccc(-c2ccccc2)cc1)c1ncccc1Cl. The van der Waals surface area contributed by atoms with Gasteiger partial charge < -0.3 is 0 Å². The molecule has 3 rings (SSSR count). The second-order valence-electron chi connectivity index (χ2n) is 4.61. The first-order valence-corrected chi connectivity index (χ1v) is 6.94. The van der Waals surface area contributed by atoms with Crippen molar-refractivity contribution in [1.82, 2.24) is 4.98 Å². The molecule has 0 fully saturated rings. The fourth-order valence-electron chi connectivity index (χ4n) is 2.13. The van der Waals surface area contributed by atoms with Crippen LogP contribution in [0.5, 0.6) is 0 Å². The van der Waals surface area contributed by atoms with Crippen molar-refractivity contribution in [2.75, 3.05) is 0 Å². The zero-order chi connectivity index (χ0) is 14.7. The molecule has 0 bridgehead atoms. The van der Waals surface area contributed by atoms with E-state index in [0.29, 0.717) is 10.6 Å². The molecule has 2 nitrogen and oxygen atoms in total. The summed E-state index contributed by atoms with van der Waals surface area (Å²) in [6, 6.07) is 20.9. The predicted molar refractivity (Wildman–Crippen MR) is 84.6 cm³/mol. The lowest BCUT2D eigenvalue weighted by Gasteiger charge is -2.05. The molecule has 0 N–H and O–H groups in total. The van der Waals surface area contributed by atoms with Gasteiger partial charge in [0.15, 0.2) is 0 Å². The topological polar surface area (TPSA) is 30.0 Å². The van der Waals surface area contributed by atoms with E-state index in [9.17, 15) is 4.79 Å². The van der Waals surface area contributed by atoms with Gasteiger partial charge in [-0.25, -0.2) is 0 Å². The number of aromatic nitrogens is 1. The largest absolute Gasteiger partial charge is 0.287 e. The van der Waals surface area contributed by atoms with Crippen LogP contribution < -0.4 is 0 Å². The molecule has 0 aliphatic heterocycles. The van der Waals surface area contributed by atoms with E-state index in [2.05, 4.69) is 4.98 Å². The van der Waals surface area contributed by atoms with E-state index in [1.54, 1.807) is 30.5 Å². The van der Waals surface area contributed by atoms with Crippen molar-refractivity contribution in [3.8, 4) is 11.1 Å². The summed E-state index contributed by atoms with van der Waals surface area (Å²) < 4.78 is 0. The van der Waals surface area contributed by atoms with Crippen LogP contribution in [0.15, 0.2) is 72.9 Å². The van der Waals surface area contributed by atoms with Crippen LogP contribution in [-0.2, 0) is 0 Å². The Morgan fingerprint density at radius 1 is 0.810 bits per heavy atom. The van der Waals surface area contributed by atoms with Crippen LogP contribution in [0.3, 0.4) is 0 Å². The molecule has 0 radical (unpaired) electrons. The van der Waals surface area contributed by atoms with Gasteiger partial charge in [-0.05, 0) is 23.3 Å². The maximum Gasteiger partial charge on any atom is 0.212 e. The average molecular weight is 294 g/mol. The smallest absolute Gasteiger partial charge is 0.212 e. The molecular weight excluding hydrogens is 282 g/mol. The minimum Gasteiger partial charge on any atom is -0.287 e. The lowest BCUT2D eigenvalue weighted by molar-refractivity contribution is 0.103. The zero-order valence-electron chi connectivity index (χ0n) is 11.2. The molecule has 0 saturated carbocycles. The van der Waals surface area contributed by atoms with E-state index in [4.69, 9.17) is 11.6 Å². The van der Waals surface area contributed by atoms with Crippen LogP contribution in [0.25, 0.3) is 11.1 Å². The second-order valence-corrected chi connectivity index (χ2v) is 5.01. The summed E-state index contributed by atoms with van der Waals surface area (Å²) in [7, 11) is 0. The van der Waals surface area contributed by atoms with E-state index in [-0.39, 0.29) is 11.5 Å². The Hall–Kier alpha value is -2.45. The molecule has 3 heteroatoms. The number of hydrogen-bond donors (Lipinski definition) is 0. The number of carbonyl (C=O) groups is 1. The minimum absolute atomic E-state index is 0.166. The first-order chi connectivity index (χ1) is 10.3. The molecule has 3 aromatic rings. The molecule has 2 aromatic carbocycles. The van der Waals surface area contributed by atoms with Crippen molar-refractivity contribution in [3.63, 3.8) is 0 Å². The summed E-state index contributed by atoms with van der Waals surface area (Å²) in [5.41, 5.74) is 3.05. The number of pyridine rings is 1. The van der Waals surface area contributed by atoms with Gasteiger partial charge in [-0.15, -0.1) is 0 Å². The van der Waals surface area contributed by atoms with E-state index >= 15 is 0 Å². The van der Waals surface area contributed by atoms with Crippen molar-refractivity contribution >= 4 is 17.4 Å². The third-order valence-corrected chi connectivity index (χ3v) is 3.53. The first-order valence-electron chi connectivity index (χ1n) is 6.56. The fraction of sp³-hybridized carbons (Fsp3) is 0. The minimum atomic E-state index is -0.166. The molecule has 1 heterocycles. The Balaban J connectivity index is 1.91.